The molecule has 0 aliphatic rings. The predicted octanol–water partition coefficient (Wildman–Crippen LogP) is 2.86. The van der Waals surface area contributed by atoms with Crippen LogP contribution in [0.25, 0.3) is 16.0 Å². The van der Waals surface area contributed by atoms with Crippen molar-refractivity contribution in [2.75, 3.05) is 0 Å². The molecular formula is C18H15FN4O3. The van der Waals surface area contributed by atoms with Gasteiger partial charge in [-0.15, -0.1) is 0 Å². The van der Waals surface area contributed by atoms with Crippen LogP contribution in [0.5, 0.6) is 5.75 Å². The average molecular weight is 354 g/mol. The molecule has 0 aliphatic carbocycles. The van der Waals surface area contributed by atoms with Gasteiger partial charge in [0.25, 0.3) is 5.91 Å². The van der Waals surface area contributed by atoms with Gasteiger partial charge in [0.15, 0.2) is 5.69 Å². The summed E-state index contributed by atoms with van der Waals surface area (Å²) in [6, 6.07) is 6.38. The summed E-state index contributed by atoms with van der Waals surface area (Å²) in [6.45, 7) is 10.2. The van der Waals surface area contributed by atoms with Gasteiger partial charge in [-0.2, -0.15) is 0 Å². The van der Waals surface area contributed by atoms with Gasteiger partial charge in [0.05, 0.1) is 12.1 Å². The van der Waals surface area contributed by atoms with Crippen LogP contribution in [0.2, 0.25) is 0 Å². The lowest BCUT2D eigenvalue weighted by Crippen LogP contribution is -2.42. The van der Waals surface area contributed by atoms with Crippen molar-refractivity contribution in [3.63, 3.8) is 0 Å². The Kier molecular flexibility index (Phi) is 5.33. The van der Waals surface area contributed by atoms with Crippen LogP contribution in [-0.4, -0.2) is 22.9 Å². The SMILES string of the molecule is [C-]#[N+]c1ccc(O)c(C(=O)NC(=N)NC(C)=O)c1-c1cc(F)ccc1C. The van der Waals surface area contributed by atoms with Crippen LogP contribution < -0.4 is 10.6 Å². The van der Waals surface area contributed by atoms with Crippen molar-refractivity contribution in [1.82, 2.24) is 10.6 Å². The predicted molar refractivity (Wildman–Crippen MR) is 93.5 cm³/mol. The number of rotatable bonds is 2. The number of guanidine groups is 1. The van der Waals surface area contributed by atoms with Crippen LogP contribution >= 0.6 is 0 Å². The molecule has 0 heterocycles. The summed E-state index contributed by atoms with van der Waals surface area (Å²) in [6.07, 6.45) is 0. The first-order valence-corrected chi connectivity index (χ1v) is 7.42. The minimum atomic E-state index is -0.912. The van der Waals surface area contributed by atoms with Gasteiger partial charge >= 0.3 is 0 Å². The smallest absolute Gasteiger partial charge is 0.261 e. The summed E-state index contributed by atoms with van der Waals surface area (Å²) in [5.74, 6) is -3.07. The fraction of sp³-hybridized carbons (Fsp3) is 0.111. The van der Waals surface area contributed by atoms with Crippen molar-refractivity contribution in [3.8, 4) is 16.9 Å². The number of phenolic OH excluding ortho intramolecular Hbond substituents is 1. The van der Waals surface area contributed by atoms with E-state index in [2.05, 4.69) is 15.5 Å². The molecule has 0 radical (unpaired) electrons. The van der Waals surface area contributed by atoms with Crippen LogP contribution in [-0.2, 0) is 4.79 Å². The number of benzene rings is 2. The first kappa shape index (κ1) is 18.6. The van der Waals surface area contributed by atoms with E-state index in [1.807, 2.05) is 0 Å². The van der Waals surface area contributed by atoms with Gasteiger partial charge in [-0.1, -0.05) is 12.1 Å². The highest BCUT2D eigenvalue weighted by atomic mass is 19.1. The number of hydrogen-bond acceptors (Lipinski definition) is 4. The first-order chi connectivity index (χ1) is 12.2. The minimum Gasteiger partial charge on any atom is -0.507 e. The van der Waals surface area contributed by atoms with Crippen LogP contribution in [0, 0.1) is 24.7 Å². The Morgan fingerprint density at radius 1 is 1.23 bits per heavy atom. The van der Waals surface area contributed by atoms with E-state index in [0.717, 1.165) is 6.07 Å². The second-order valence-electron chi connectivity index (χ2n) is 5.44. The quantitative estimate of drug-likeness (QED) is 0.378. The maximum atomic E-state index is 13.7. The summed E-state index contributed by atoms with van der Waals surface area (Å²) in [7, 11) is 0. The van der Waals surface area contributed by atoms with Crippen LogP contribution in [0.15, 0.2) is 30.3 Å². The number of aryl methyl sites for hydroxylation is 1. The molecule has 2 aromatic rings. The largest absolute Gasteiger partial charge is 0.507 e. The molecule has 0 unspecified atom stereocenters. The number of nitrogens with zero attached hydrogens (tertiary/aromatic N) is 1. The highest BCUT2D eigenvalue weighted by Crippen LogP contribution is 2.40. The van der Waals surface area contributed by atoms with Crippen molar-refractivity contribution in [2.45, 2.75) is 13.8 Å². The van der Waals surface area contributed by atoms with Gasteiger partial charge < -0.3 is 5.11 Å². The topological polar surface area (TPSA) is 107 Å². The van der Waals surface area contributed by atoms with Crippen LogP contribution in [0.1, 0.15) is 22.8 Å². The van der Waals surface area contributed by atoms with Gasteiger partial charge in [-0.05, 0) is 36.2 Å². The average Bonchev–Trinajstić information content (AvgIpc) is 2.55. The first-order valence-electron chi connectivity index (χ1n) is 7.42. The van der Waals surface area contributed by atoms with Gasteiger partial charge in [0.1, 0.15) is 11.6 Å². The maximum Gasteiger partial charge on any atom is 0.261 e. The van der Waals surface area contributed by atoms with Gasteiger partial charge in [-0.25, -0.2) is 9.24 Å². The molecule has 2 rings (SSSR count). The van der Waals surface area contributed by atoms with E-state index in [4.69, 9.17) is 12.0 Å². The van der Waals surface area contributed by atoms with Gasteiger partial charge in [0, 0.05) is 12.5 Å². The standard InChI is InChI=1S/C18H15FN4O3/c1-9-4-5-11(19)8-12(9)15-13(21-3)6-7-14(25)16(15)17(26)23-18(20)22-10(2)24/h4-8,25H,1-2H3,(H3,20,22,23,24,26). The van der Waals surface area contributed by atoms with E-state index in [1.54, 1.807) is 6.92 Å². The van der Waals surface area contributed by atoms with Crippen LogP contribution in [0.4, 0.5) is 10.1 Å². The van der Waals surface area contributed by atoms with E-state index < -0.39 is 29.3 Å². The molecule has 4 N–H and O–H groups in total. The molecule has 0 atom stereocenters. The summed E-state index contributed by atoms with van der Waals surface area (Å²) in [5.41, 5.74) is 0.649. The second-order valence-corrected chi connectivity index (χ2v) is 5.44. The number of carbonyl (C=O) groups is 2. The molecule has 7 nitrogen and oxygen atoms in total. The van der Waals surface area contributed by atoms with Gasteiger partial charge in [-0.3, -0.25) is 25.6 Å². The summed E-state index contributed by atoms with van der Waals surface area (Å²) >= 11 is 0. The Hall–Kier alpha value is -3.73. The molecule has 2 amide bonds. The lowest BCUT2D eigenvalue weighted by atomic mass is 9.93. The highest BCUT2D eigenvalue weighted by molar-refractivity contribution is 6.14. The number of hydrogen-bond donors (Lipinski definition) is 4. The molecule has 2 aromatic carbocycles. The monoisotopic (exact) mass is 354 g/mol. The van der Waals surface area contributed by atoms with E-state index in [9.17, 15) is 19.1 Å². The van der Waals surface area contributed by atoms with E-state index in [-0.39, 0.29) is 22.4 Å². The number of amides is 2. The number of carbonyl (C=O) groups excluding carboxylic acids is 2. The fourth-order valence-electron chi connectivity index (χ4n) is 2.42. The molecule has 0 aromatic heterocycles. The van der Waals surface area contributed by atoms with Crippen molar-refractivity contribution >= 4 is 23.5 Å². The molecule has 0 bridgehead atoms. The number of halogens is 1. The van der Waals surface area contributed by atoms with E-state index in [1.165, 1.54) is 31.2 Å². The third-order valence-electron chi connectivity index (χ3n) is 3.52. The summed E-state index contributed by atoms with van der Waals surface area (Å²) in [5, 5.41) is 21.9. The lowest BCUT2D eigenvalue weighted by molar-refractivity contribution is -0.117. The number of phenols is 1. The molecule has 26 heavy (non-hydrogen) atoms. The lowest BCUT2D eigenvalue weighted by Gasteiger charge is -2.16. The van der Waals surface area contributed by atoms with E-state index in [0.29, 0.717) is 5.56 Å². The Balaban J connectivity index is 2.65. The van der Waals surface area contributed by atoms with Crippen molar-refractivity contribution in [3.05, 3.63) is 58.7 Å². The van der Waals surface area contributed by atoms with Crippen molar-refractivity contribution in [2.24, 2.45) is 0 Å². The highest BCUT2D eigenvalue weighted by Gasteiger charge is 2.23. The van der Waals surface area contributed by atoms with Crippen LogP contribution in [0.3, 0.4) is 0 Å². The Morgan fingerprint density at radius 3 is 2.54 bits per heavy atom. The Labute approximate surface area is 148 Å². The molecule has 8 heteroatoms. The molecule has 0 fully saturated rings. The number of aromatic hydroxyl groups is 1. The summed E-state index contributed by atoms with van der Waals surface area (Å²) in [4.78, 5) is 26.9. The third-order valence-corrected chi connectivity index (χ3v) is 3.52. The molecule has 0 spiro atoms. The van der Waals surface area contributed by atoms with E-state index >= 15 is 0 Å². The second kappa shape index (κ2) is 7.44. The molecule has 132 valence electrons. The number of nitrogens with one attached hydrogen (secondary N) is 3. The molecule has 0 saturated heterocycles. The fourth-order valence-corrected chi connectivity index (χ4v) is 2.42. The third kappa shape index (κ3) is 3.84. The Morgan fingerprint density at radius 2 is 1.92 bits per heavy atom. The maximum absolute atomic E-state index is 13.7. The zero-order valence-corrected chi connectivity index (χ0v) is 14.0. The molecule has 0 saturated carbocycles. The van der Waals surface area contributed by atoms with Crippen molar-refractivity contribution in [1.29, 1.82) is 5.41 Å². The molecular weight excluding hydrogens is 339 g/mol. The molecule has 0 aliphatic heterocycles. The zero-order chi connectivity index (χ0) is 19.4. The summed E-state index contributed by atoms with van der Waals surface area (Å²) < 4.78 is 13.7. The van der Waals surface area contributed by atoms with Crippen molar-refractivity contribution < 1.29 is 19.1 Å². The van der Waals surface area contributed by atoms with Gasteiger partial charge in [0.2, 0.25) is 11.9 Å². The zero-order valence-electron chi connectivity index (χ0n) is 14.0. The Bertz CT molecular complexity index is 964. The normalized spacial score (nSPS) is 9.92. The minimum absolute atomic E-state index is 0.0349.